The maximum atomic E-state index is 15.7. The number of nitrogens with two attached hydrogens (primary N) is 1. The fourth-order valence-electron chi connectivity index (χ4n) is 11.4. The molecule has 6 aromatic rings. The number of carbonyl (C=O) groups is 6. The monoisotopic (exact) mass is 1230 g/mol. The number of aliphatic hydroxyl groups excluding tert-OH is 1. The van der Waals surface area contributed by atoms with Crippen molar-refractivity contribution in [3.05, 3.63) is 101 Å². The molecule has 2 aliphatic heterocycles. The molecule has 10 rings (SSSR count). The van der Waals surface area contributed by atoms with Crippen LogP contribution >= 0.6 is 11.3 Å². The number of aryl methyl sites for hydroxylation is 1. The Kier molecular flexibility index (Phi) is 19.6. The van der Waals surface area contributed by atoms with Gasteiger partial charge in [-0.3, -0.25) is 43.2 Å². The number of nitrogens with one attached hydrogen (secondary N) is 5. The molecule has 0 radical (unpaired) electrons. The number of benzene rings is 2. The minimum atomic E-state index is -2.09. The SMILES string of the molecule is Cc1ncsc1-c1ccc([C@H](CC(=O)NCCOCCOCCOCCNC(=O)CN2CCN(C(=O)c3ccc(Nc4nc(C5CC5)cn5c(-c6cn[nH]c6)cnc45)c(F)c3)CC2)C2(C(N)=O)CC(O)CN2C(=O)[C@@H](NC(=O)C2(F)CC2)C(C)(C)C)cc1. The Labute approximate surface area is 511 Å². The van der Waals surface area contributed by atoms with Crippen LogP contribution in [-0.2, 0) is 38.2 Å². The smallest absolute Gasteiger partial charge is 0.258 e. The number of rotatable bonds is 28. The van der Waals surface area contributed by atoms with Gasteiger partial charge in [-0.15, -0.1) is 11.3 Å². The molecular weight excluding hydrogens is 1160 g/mol. The first kappa shape index (κ1) is 63.2. The fourth-order valence-corrected chi connectivity index (χ4v) is 12.2. The van der Waals surface area contributed by atoms with Gasteiger partial charge in [0.15, 0.2) is 17.1 Å². The van der Waals surface area contributed by atoms with E-state index in [0.29, 0.717) is 49.1 Å². The fraction of sp³-hybridized carbons (Fsp3) is 0.508. The van der Waals surface area contributed by atoms with Gasteiger partial charge < -0.3 is 56.1 Å². The number of imidazole rings is 1. The van der Waals surface area contributed by atoms with Gasteiger partial charge in [0.05, 0.1) is 97.8 Å². The molecule has 88 heavy (non-hydrogen) atoms. The maximum absolute atomic E-state index is 15.7. The summed E-state index contributed by atoms with van der Waals surface area (Å²) in [6, 6.07) is 10.2. The lowest BCUT2D eigenvalue weighted by atomic mass is 9.73. The van der Waals surface area contributed by atoms with Crippen molar-refractivity contribution in [2.75, 3.05) is 97.3 Å². The van der Waals surface area contributed by atoms with E-state index >= 15 is 4.39 Å². The van der Waals surface area contributed by atoms with E-state index in [9.17, 15) is 38.3 Å². The Morgan fingerprint density at radius 3 is 2.17 bits per heavy atom. The minimum Gasteiger partial charge on any atom is -0.391 e. The van der Waals surface area contributed by atoms with Gasteiger partial charge >= 0.3 is 0 Å². The number of hydrogen-bond donors (Lipinski definition) is 7. The molecule has 2 saturated carbocycles. The molecule has 2 aliphatic carbocycles. The third kappa shape index (κ3) is 14.7. The van der Waals surface area contributed by atoms with E-state index in [1.165, 1.54) is 28.4 Å². The highest BCUT2D eigenvalue weighted by atomic mass is 32.1. The zero-order chi connectivity index (χ0) is 62.3. The average Bonchev–Trinajstić information content (AvgIpc) is 1.87. The van der Waals surface area contributed by atoms with Crippen molar-refractivity contribution >= 4 is 63.9 Å². The van der Waals surface area contributed by atoms with Crippen LogP contribution in [0.3, 0.4) is 0 Å². The topological polar surface area (TPSA) is 306 Å². The predicted molar refractivity (Wildman–Crippen MR) is 321 cm³/mol. The number of alkyl halides is 1. The molecule has 2 aromatic carbocycles. The van der Waals surface area contributed by atoms with E-state index in [1.54, 1.807) is 68.0 Å². The largest absolute Gasteiger partial charge is 0.391 e. The number of hydrogen-bond acceptors (Lipinski definition) is 17. The summed E-state index contributed by atoms with van der Waals surface area (Å²) in [5, 5.41) is 29.5. The Hall–Kier alpha value is -7.82. The van der Waals surface area contributed by atoms with Crippen LogP contribution in [0.15, 0.2) is 72.8 Å². The van der Waals surface area contributed by atoms with Crippen LogP contribution in [-0.4, -0.2) is 200 Å². The van der Waals surface area contributed by atoms with E-state index in [4.69, 9.17) is 24.9 Å². The predicted octanol–water partition coefficient (Wildman–Crippen LogP) is 4.38. The molecule has 24 nitrogen and oxygen atoms in total. The number of aromatic amines is 1. The minimum absolute atomic E-state index is 0.0254. The van der Waals surface area contributed by atoms with Crippen molar-refractivity contribution in [1.82, 2.24) is 60.2 Å². The van der Waals surface area contributed by atoms with Crippen LogP contribution in [0, 0.1) is 18.2 Å². The highest BCUT2D eigenvalue weighted by Gasteiger charge is 2.60. The Balaban J connectivity index is 0.616. The summed E-state index contributed by atoms with van der Waals surface area (Å²) in [6.07, 6.45) is 7.46. The summed E-state index contributed by atoms with van der Waals surface area (Å²) in [4.78, 5) is 101. The first-order valence-electron chi connectivity index (χ1n) is 29.7. The van der Waals surface area contributed by atoms with Crippen molar-refractivity contribution in [3.63, 3.8) is 0 Å². The summed E-state index contributed by atoms with van der Waals surface area (Å²) in [6.45, 7) is 10.2. The standard InChI is InChI=1S/C61H76F2N14O10S/c1-37-51(88-36-68-37)40-9-5-38(6-10-40)44(61(57(64)83)29-43(78)33-77(61)56(82)52(59(2,3)4)73-58(84)60(63)13-14-60)28-49(79)65-15-21-85-23-25-87-26-24-86-22-16-66-50(80)35-74-17-19-75(20-18-74)55(81)41-11-12-46(45(62)27-41)71-53-54-67-32-48(42-30-69-70-31-42)76(54)34-47(72-53)39-7-8-39/h5-6,9-12,27,30-32,34,36,39,43-44,52,78H,7-8,13-26,28-29,33,35H2,1-4H3,(H2,64,83)(H,65,79)(H,66,80)(H,69,70)(H,71,72)(H,73,84)/t43?,44-,52+,61?/m0/s1. The number of primary amides is 1. The summed E-state index contributed by atoms with van der Waals surface area (Å²) >= 11 is 1.46. The Bertz CT molecular complexity index is 3470. The van der Waals surface area contributed by atoms with E-state index < -0.39 is 64.1 Å². The quantitative estimate of drug-likeness (QED) is 0.0336. The third-order valence-electron chi connectivity index (χ3n) is 16.6. The van der Waals surface area contributed by atoms with Crippen molar-refractivity contribution in [2.24, 2.45) is 11.1 Å². The third-order valence-corrected chi connectivity index (χ3v) is 17.5. The average molecular weight is 1240 g/mol. The number of halogens is 2. The summed E-state index contributed by atoms with van der Waals surface area (Å²) in [5.74, 6) is -4.51. The zero-order valence-electron chi connectivity index (χ0n) is 49.8. The number of likely N-dealkylation sites (tertiary alicyclic amines) is 1. The van der Waals surface area contributed by atoms with Crippen LogP contribution in [0.1, 0.15) is 98.4 Å². The number of ether oxygens (including phenoxy) is 3. The molecule has 27 heteroatoms. The van der Waals surface area contributed by atoms with Crippen molar-refractivity contribution in [2.45, 2.75) is 101 Å². The number of piperazine rings is 1. The highest BCUT2D eigenvalue weighted by molar-refractivity contribution is 7.13. The molecular formula is C61H76F2N14O10S. The number of aliphatic hydroxyl groups is 1. The van der Waals surface area contributed by atoms with Gasteiger partial charge in [0.25, 0.3) is 11.8 Å². The molecule has 0 spiro atoms. The van der Waals surface area contributed by atoms with E-state index in [0.717, 1.165) is 45.9 Å². The molecule has 2 saturated heterocycles. The van der Waals surface area contributed by atoms with Gasteiger partial charge in [0, 0.05) is 94.0 Å². The van der Waals surface area contributed by atoms with Crippen LogP contribution in [0.2, 0.25) is 0 Å². The molecule has 6 heterocycles. The molecule has 4 aromatic heterocycles. The van der Waals surface area contributed by atoms with Crippen molar-refractivity contribution in [1.29, 1.82) is 0 Å². The molecule has 2 unspecified atom stereocenters. The van der Waals surface area contributed by atoms with Gasteiger partial charge in [0.1, 0.15) is 17.4 Å². The Morgan fingerprint density at radius 1 is 0.886 bits per heavy atom. The van der Waals surface area contributed by atoms with Crippen molar-refractivity contribution < 1.29 is 56.9 Å². The van der Waals surface area contributed by atoms with Crippen molar-refractivity contribution in [3.8, 4) is 21.7 Å². The normalized spacial score (nSPS) is 19.1. The molecule has 0 bridgehead atoms. The number of nitrogens with zero attached hydrogens (tertiary/aromatic N) is 8. The number of carbonyl (C=O) groups excluding carboxylic acids is 6. The van der Waals surface area contributed by atoms with Crippen LogP contribution in [0.4, 0.5) is 20.3 Å². The van der Waals surface area contributed by atoms with E-state index in [1.807, 2.05) is 34.6 Å². The van der Waals surface area contributed by atoms with E-state index in [-0.39, 0.29) is 115 Å². The molecule has 470 valence electrons. The number of thiazole rings is 1. The second-order valence-corrected chi connectivity index (χ2v) is 24.9. The first-order chi connectivity index (χ1) is 42.2. The van der Waals surface area contributed by atoms with Gasteiger partial charge in [-0.1, -0.05) is 45.0 Å². The van der Waals surface area contributed by atoms with Gasteiger partial charge in [-0.25, -0.2) is 23.7 Å². The molecule has 4 fully saturated rings. The van der Waals surface area contributed by atoms with Crippen LogP contribution in [0.5, 0.6) is 0 Å². The molecule has 4 aliphatic rings. The first-order valence-corrected chi connectivity index (χ1v) is 30.6. The summed E-state index contributed by atoms with van der Waals surface area (Å²) in [7, 11) is 0. The van der Waals surface area contributed by atoms with Gasteiger partial charge in [0.2, 0.25) is 23.6 Å². The zero-order valence-corrected chi connectivity index (χ0v) is 50.6. The number of β-amino-alcohol motifs (C(OH)–C–C–N with tert-alkyl or cyclic N) is 1. The van der Waals surface area contributed by atoms with Gasteiger partial charge in [-0.05, 0) is 67.3 Å². The van der Waals surface area contributed by atoms with E-state index in [2.05, 4.69) is 41.4 Å². The summed E-state index contributed by atoms with van der Waals surface area (Å²) < 4.78 is 49.6. The number of amides is 6. The number of fused-ring (bicyclic) bond motifs is 1. The van der Waals surface area contributed by atoms with Gasteiger partial charge in [-0.2, -0.15) is 5.10 Å². The highest BCUT2D eigenvalue weighted by Crippen LogP contribution is 2.47. The Morgan fingerprint density at radius 2 is 1.57 bits per heavy atom. The second kappa shape index (κ2) is 27.3. The number of H-pyrrole nitrogens is 1. The molecule has 4 atom stereocenters. The number of aromatic nitrogens is 6. The maximum Gasteiger partial charge on any atom is 0.258 e. The van der Waals surface area contributed by atoms with Crippen LogP contribution in [0.25, 0.3) is 27.3 Å². The molecule has 6 amide bonds. The van der Waals surface area contributed by atoms with Crippen LogP contribution < -0.4 is 27.0 Å². The lowest BCUT2D eigenvalue weighted by molar-refractivity contribution is -0.151. The number of anilines is 2. The lowest BCUT2D eigenvalue weighted by Gasteiger charge is -2.44. The molecule has 8 N–H and O–H groups in total. The summed E-state index contributed by atoms with van der Waals surface area (Å²) in [5.41, 5.74) is 8.66. The second-order valence-electron chi connectivity index (χ2n) is 24.0. The lowest BCUT2D eigenvalue weighted by Crippen LogP contribution is -2.65.